The van der Waals surface area contributed by atoms with E-state index in [1.54, 1.807) is 6.92 Å². The minimum absolute atomic E-state index is 0.0364. The summed E-state index contributed by atoms with van der Waals surface area (Å²) in [6.45, 7) is 5.05. The topological polar surface area (TPSA) is 87.2 Å². The van der Waals surface area contributed by atoms with Gasteiger partial charge in [0.05, 0.1) is 0 Å². The lowest BCUT2D eigenvalue weighted by atomic mass is 10.3. The molecule has 0 amide bonds. The average molecular weight is 209 g/mol. The number of aromatic nitrogens is 2. The second kappa shape index (κ2) is 4.41. The van der Waals surface area contributed by atoms with E-state index < -0.39 is 11.8 Å². The van der Waals surface area contributed by atoms with E-state index >= 15 is 0 Å². The van der Waals surface area contributed by atoms with Crippen molar-refractivity contribution in [3.8, 4) is 0 Å². The molecular weight excluding hydrogens is 198 g/mol. The first kappa shape index (κ1) is 11.0. The second-order valence-corrected chi connectivity index (χ2v) is 2.83. The Kier molecular flexibility index (Phi) is 3.22. The molecule has 0 fully saturated rings. The quantitative estimate of drug-likeness (QED) is 0.708. The molecule has 0 bridgehead atoms. The van der Waals surface area contributed by atoms with Gasteiger partial charge in [0.2, 0.25) is 0 Å². The molecule has 0 saturated heterocycles. The number of nitrogens with zero attached hydrogens (tertiary/aromatic N) is 2. The van der Waals surface area contributed by atoms with Gasteiger partial charge in [0.25, 0.3) is 0 Å². The smallest absolute Gasteiger partial charge is 0.422 e. The summed E-state index contributed by atoms with van der Waals surface area (Å²) in [5, 5.41) is 0. The predicted octanol–water partition coefficient (Wildman–Crippen LogP) is 0.305. The summed E-state index contributed by atoms with van der Waals surface area (Å²) in [6, 6.07) is 0. The number of carbonyl (C=O) groups excluding carboxylic acids is 1. The molecule has 6 heteroatoms. The highest BCUT2D eigenvalue weighted by molar-refractivity contribution is 5.70. The maximum absolute atomic E-state index is 11.3. The van der Waals surface area contributed by atoms with Crippen LogP contribution in [0.5, 0.6) is 0 Å². The van der Waals surface area contributed by atoms with E-state index in [1.807, 2.05) is 0 Å². The molecule has 0 aliphatic carbocycles. The molecule has 2 N–H and O–H groups in total. The Morgan fingerprint density at radius 3 is 3.07 bits per heavy atom. The van der Waals surface area contributed by atoms with Crippen molar-refractivity contribution in [1.29, 1.82) is 0 Å². The van der Waals surface area contributed by atoms with Gasteiger partial charge in [-0.1, -0.05) is 12.7 Å². The van der Waals surface area contributed by atoms with Gasteiger partial charge >= 0.3 is 11.8 Å². The number of hydrogen-bond donors (Lipinski definition) is 1. The fourth-order valence-corrected chi connectivity index (χ4v) is 0.891. The van der Waals surface area contributed by atoms with Crippen LogP contribution in [0.15, 0.2) is 23.6 Å². The average Bonchev–Trinajstić information content (AvgIpc) is 2.20. The van der Waals surface area contributed by atoms with Crippen molar-refractivity contribution in [1.82, 2.24) is 9.55 Å². The largest absolute Gasteiger partial charge is 0.445 e. The summed E-state index contributed by atoms with van der Waals surface area (Å²) in [4.78, 5) is 26.0. The molecule has 0 atom stereocenters. The number of rotatable bonds is 2. The van der Waals surface area contributed by atoms with Crippen LogP contribution in [0.25, 0.3) is 0 Å². The first-order chi connectivity index (χ1) is 7.06. The van der Waals surface area contributed by atoms with E-state index in [0.717, 1.165) is 4.57 Å². The number of carbonyl (C=O) groups is 1. The number of nitrogen functional groups attached to an aromatic ring is 1. The second-order valence-electron chi connectivity index (χ2n) is 2.83. The van der Waals surface area contributed by atoms with Crippen LogP contribution in [-0.4, -0.2) is 22.3 Å². The Morgan fingerprint density at radius 1 is 1.80 bits per heavy atom. The molecule has 0 aromatic carbocycles. The Bertz CT molecular complexity index is 450. The zero-order chi connectivity index (χ0) is 11.4. The fourth-order valence-electron chi connectivity index (χ4n) is 0.891. The molecule has 1 heterocycles. The Hall–Kier alpha value is -2.11. The lowest BCUT2D eigenvalue weighted by molar-refractivity contribution is 0.158. The third-order valence-electron chi connectivity index (χ3n) is 1.67. The minimum Gasteiger partial charge on any atom is -0.445 e. The summed E-state index contributed by atoms with van der Waals surface area (Å²) < 4.78 is 5.44. The van der Waals surface area contributed by atoms with Crippen LogP contribution in [-0.2, 0) is 4.74 Å². The number of nitrogens with two attached hydrogens (primary N) is 1. The molecule has 1 aromatic rings. The van der Waals surface area contributed by atoms with Crippen LogP contribution in [0.1, 0.15) is 5.56 Å². The van der Waals surface area contributed by atoms with Crippen molar-refractivity contribution in [2.24, 2.45) is 0 Å². The van der Waals surface area contributed by atoms with Crippen molar-refractivity contribution in [2.75, 3.05) is 12.3 Å². The zero-order valence-electron chi connectivity index (χ0n) is 8.27. The number of anilines is 1. The number of hydrogen-bond acceptors (Lipinski definition) is 5. The van der Waals surface area contributed by atoms with Gasteiger partial charge in [-0.3, -0.25) is 0 Å². The third kappa shape index (κ3) is 2.43. The van der Waals surface area contributed by atoms with Crippen LogP contribution in [0.4, 0.5) is 10.6 Å². The highest BCUT2D eigenvalue weighted by atomic mass is 16.5. The molecule has 6 nitrogen and oxygen atoms in total. The van der Waals surface area contributed by atoms with Gasteiger partial charge < -0.3 is 10.5 Å². The number of aryl methyl sites for hydroxylation is 1. The molecule has 0 unspecified atom stereocenters. The summed E-state index contributed by atoms with van der Waals surface area (Å²) in [5.41, 5.74) is 5.17. The highest BCUT2D eigenvalue weighted by Gasteiger charge is 2.10. The van der Waals surface area contributed by atoms with Crippen molar-refractivity contribution < 1.29 is 9.53 Å². The van der Waals surface area contributed by atoms with Crippen molar-refractivity contribution in [2.45, 2.75) is 6.92 Å². The van der Waals surface area contributed by atoms with Gasteiger partial charge in [-0.2, -0.15) is 4.98 Å². The maximum atomic E-state index is 11.3. The van der Waals surface area contributed by atoms with E-state index in [4.69, 9.17) is 5.73 Å². The molecule has 0 aliphatic rings. The Labute approximate surface area is 86.0 Å². The normalized spacial score (nSPS) is 9.67. The van der Waals surface area contributed by atoms with E-state index in [9.17, 15) is 9.59 Å². The predicted molar refractivity (Wildman–Crippen MR) is 54.6 cm³/mol. The summed E-state index contributed by atoms with van der Waals surface area (Å²) in [7, 11) is 0. The SMILES string of the molecule is C=CCOC(=O)n1cc(C)c(N)nc1=O. The van der Waals surface area contributed by atoms with Gasteiger partial charge in [0, 0.05) is 11.8 Å². The van der Waals surface area contributed by atoms with Crippen LogP contribution in [0, 0.1) is 6.92 Å². The standard InChI is InChI=1S/C9H11N3O3/c1-3-4-15-9(14)12-5-6(2)7(10)11-8(12)13/h3,5H,1,4H2,2H3,(H2,10,11,13). The van der Waals surface area contributed by atoms with Crippen molar-refractivity contribution in [3.05, 3.63) is 34.9 Å². The minimum atomic E-state index is -0.796. The highest BCUT2D eigenvalue weighted by Crippen LogP contribution is 2.01. The summed E-state index contributed by atoms with van der Waals surface area (Å²) in [6.07, 6.45) is 1.90. The molecule has 15 heavy (non-hydrogen) atoms. The first-order valence-electron chi connectivity index (χ1n) is 4.20. The molecular formula is C9H11N3O3. The molecule has 1 rings (SSSR count). The van der Waals surface area contributed by atoms with Crippen LogP contribution in [0.2, 0.25) is 0 Å². The molecule has 0 radical (unpaired) electrons. The zero-order valence-corrected chi connectivity index (χ0v) is 8.27. The van der Waals surface area contributed by atoms with Gasteiger partial charge in [-0.15, -0.1) is 0 Å². The number of ether oxygens (including phenoxy) is 1. The van der Waals surface area contributed by atoms with Crippen LogP contribution >= 0.6 is 0 Å². The molecule has 1 aromatic heterocycles. The van der Waals surface area contributed by atoms with Gasteiger partial charge in [-0.25, -0.2) is 14.2 Å². The van der Waals surface area contributed by atoms with E-state index in [-0.39, 0.29) is 12.4 Å². The molecule has 0 saturated carbocycles. The van der Waals surface area contributed by atoms with Crippen LogP contribution < -0.4 is 11.4 Å². The lowest BCUT2D eigenvalue weighted by Crippen LogP contribution is -2.30. The van der Waals surface area contributed by atoms with Gasteiger partial charge in [0.15, 0.2) is 0 Å². The molecule has 80 valence electrons. The molecule has 0 spiro atoms. The van der Waals surface area contributed by atoms with Gasteiger partial charge in [-0.05, 0) is 6.92 Å². The summed E-state index contributed by atoms with van der Waals surface area (Å²) in [5.74, 6) is 0.104. The maximum Gasteiger partial charge on any atom is 0.422 e. The fraction of sp³-hybridized carbons (Fsp3) is 0.222. The van der Waals surface area contributed by atoms with Gasteiger partial charge in [0.1, 0.15) is 12.4 Å². The van der Waals surface area contributed by atoms with E-state index in [2.05, 4.69) is 16.3 Å². The monoisotopic (exact) mass is 209 g/mol. The summed E-state index contributed by atoms with van der Waals surface area (Å²) >= 11 is 0. The third-order valence-corrected chi connectivity index (χ3v) is 1.67. The Morgan fingerprint density at radius 2 is 2.47 bits per heavy atom. The van der Waals surface area contributed by atoms with Crippen molar-refractivity contribution >= 4 is 11.9 Å². The lowest BCUT2D eigenvalue weighted by Gasteiger charge is -2.05. The van der Waals surface area contributed by atoms with E-state index in [0.29, 0.717) is 5.56 Å². The molecule has 0 aliphatic heterocycles. The van der Waals surface area contributed by atoms with E-state index in [1.165, 1.54) is 12.3 Å². The Balaban J connectivity index is 3.04. The van der Waals surface area contributed by atoms with Crippen molar-refractivity contribution in [3.63, 3.8) is 0 Å². The van der Waals surface area contributed by atoms with Crippen LogP contribution in [0.3, 0.4) is 0 Å². The first-order valence-corrected chi connectivity index (χ1v) is 4.20.